The van der Waals surface area contributed by atoms with Gasteiger partial charge in [0.15, 0.2) is 0 Å². The van der Waals surface area contributed by atoms with Gasteiger partial charge in [0.1, 0.15) is 0 Å². The molecule has 0 fully saturated rings. The standard InChI is InChI=1S/C6H11BBr2/c1-3-5-6(4-2)7(8)9/h5H,3-4H2,1-2H3. The SMILES string of the molecule is CCC=C(CC)B(Br)Br. The molecule has 0 aromatic carbocycles. The molecule has 0 rings (SSSR count). The maximum atomic E-state index is 3.45. The minimum absolute atomic E-state index is 0.370. The van der Waals surface area contributed by atoms with Crippen LogP contribution in [0.15, 0.2) is 11.5 Å². The van der Waals surface area contributed by atoms with Crippen LogP contribution in [0, 0.1) is 0 Å². The van der Waals surface area contributed by atoms with Crippen molar-refractivity contribution >= 4 is 35.9 Å². The van der Waals surface area contributed by atoms with E-state index in [-0.39, 0.29) is 0 Å². The first-order valence-corrected chi connectivity index (χ1v) is 5.02. The van der Waals surface area contributed by atoms with Crippen LogP contribution in [0.2, 0.25) is 0 Å². The van der Waals surface area contributed by atoms with Crippen LogP contribution >= 0.6 is 31.5 Å². The Morgan fingerprint density at radius 1 is 1.44 bits per heavy atom. The van der Waals surface area contributed by atoms with Crippen molar-refractivity contribution in [1.82, 2.24) is 0 Å². The second-order valence-corrected chi connectivity index (χ2v) is 4.90. The lowest BCUT2D eigenvalue weighted by Crippen LogP contribution is -1.95. The van der Waals surface area contributed by atoms with Crippen LogP contribution in [0.3, 0.4) is 0 Å². The van der Waals surface area contributed by atoms with Crippen molar-refractivity contribution in [3.05, 3.63) is 11.5 Å². The van der Waals surface area contributed by atoms with E-state index >= 15 is 0 Å². The van der Waals surface area contributed by atoms with Gasteiger partial charge in [-0.05, 0) is 12.8 Å². The van der Waals surface area contributed by atoms with E-state index in [1.807, 2.05) is 0 Å². The van der Waals surface area contributed by atoms with Crippen LogP contribution in [-0.2, 0) is 0 Å². The Hall–Kier alpha value is 0.765. The third-order valence-corrected chi connectivity index (χ3v) is 2.33. The van der Waals surface area contributed by atoms with Gasteiger partial charge in [-0.15, -0.1) is 31.5 Å². The Kier molecular flexibility index (Phi) is 6.01. The highest BCUT2D eigenvalue weighted by molar-refractivity contribution is 9.49. The number of hydrogen-bond donors (Lipinski definition) is 0. The third-order valence-electron chi connectivity index (χ3n) is 1.15. The van der Waals surface area contributed by atoms with Gasteiger partial charge < -0.3 is 0 Å². The molecule has 0 aromatic heterocycles. The highest BCUT2D eigenvalue weighted by Gasteiger charge is 2.07. The van der Waals surface area contributed by atoms with Gasteiger partial charge in [-0.2, -0.15) is 0 Å². The molecule has 0 saturated heterocycles. The van der Waals surface area contributed by atoms with Crippen molar-refractivity contribution in [2.45, 2.75) is 26.7 Å². The molecular weight excluding hydrogens is 243 g/mol. The van der Waals surface area contributed by atoms with Crippen molar-refractivity contribution in [2.75, 3.05) is 0 Å². The summed E-state index contributed by atoms with van der Waals surface area (Å²) in [6.07, 6.45) is 4.49. The summed E-state index contributed by atoms with van der Waals surface area (Å²) in [4.78, 5) is 0. The van der Waals surface area contributed by atoms with Gasteiger partial charge in [0, 0.05) is 0 Å². The first-order valence-electron chi connectivity index (χ1n) is 3.19. The summed E-state index contributed by atoms with van der Waals surface area (Å²) in [5.41, 5.74) is 1.43. The maximum Gasteiger partial charge on any atom is 0.325 e. The third kappa shape index (κ3) is 4.21. The number of halogens is 2. The summed E-state index contributed by atoms with van der Waals surface area (Å²) in [6.45, 7) is 4.31. The van der Waals surface area contributed by atoms with Gasteiger partial charge in [0.05, 0.1) is 0 Å². The molecule has 9 heavy (non-hydrogen) atoms. The molecule has 0 aliphatic carbocycles. The normalized spacial score (nSPS) is 11.8. The quantitative estimate of drug-likeness (QED) is 0.675. The van der Waals surface area contributed by atoms with Gasteiger partial charge in [-0.25, -0.2) is 0 Å². The maximum absolute atomic E-state index is 3.45. The molecule has 0 nitrogen and oxygen atoms in total. The Morgan fingerprint density at radius 3 is 2.11 bits per heavy atom. The molecule has 0 bridgehead atoms. The zero-order valence-electron chi connectivity index (χ0n) is 5.82. The topological polar surface area (TPSA) is 0 Å². The molecule has 0 amide bonds. The number of hydrogen-bond acceptors (Lipinski definition) is 0. The van der Waals surface area contributed by atoms with Crippen molar-refractivity contribution < 1.29 is 0 Å². The molecule has 0 aliphatic rings. The summed E-state index contributed by atoms with van der Waals surface area (Å²) in [5, 5.41) is 0. The number of allylic oxidation sites excluding steroid dienone is 2. The van der Waals surface area contributed by atoms with Crippen LogP contribution in [0.5, 0.6) is 0 Å². The molecule has 0 aromatic rings. The summed E-state index contributed by atoms with van der Waals surface area (Å²) in [7, 11) is 0. The molecular formula is C6H11BBr2. The van der Waals surface area contributed by atoms with Crippen LogP contribution in [0.4, 0.5) is 0 Å². The van der Waals surface area contributed by atoms with Crippen molar-refractivity contribution in [3.8, 4) is 0 Å². The molecule has 0 radical (unpaired) electrons. The first kappa shape index (κ1) is 9.76. The molecule has 52 valence electrons. The molecule has 0 N–H and O–H groups in total. The van der Waals surface area contributed by atoms with Gasteiger partial charge in [-0.3, -0.25) is 0 Å². The van der Waals surface area contributed by atoms with E-state index in [1.165, 1.54) is 5.47 Å². The van der Waals surface area contributed by atoms with E-state index in [4.69, 9.17) is 0 Å². The molecule has 0 atom stereocenters. The van der Waals surface area contributed by atoms with Crippen molar-refractivity contribution in [3.63, 3.8) is 0 Å². The molecule has 0 unspecified atom stereocenters. The first-order chi connectivity index (χ1) is 4.22. The predicted molar refractivity (Wildman–Crippen MR) is 52.3 cm³/mol. The second kappa shape index (κ2) is 5.54. The molecule has 0 saturated carbocycles. The smallest absolute Gasteiger partial charge is 0.133 e. The van der Waals surface area contributed by atoms with Gasteiger partial charge in [0.2, 0.25) is 0 Å². The van der Waals surface area contributed by atoms with Gasteiger partial charge in [-0.1, -0.05) is 25.4 Å². The summed E-state index contributed by atoms with van der Waals surface area (Å²) in [6, 6.07) is 0. The lowest BCUT2D eigenvalue weighted by Gasteiger charge is -1.99. The summed E-state index contributed by atoms with van der Waals surface area (Å²) >= 11 is 6.90. The van der Waals surface area contributed by atoms with Crippen LogP contribution in [-0.4, -0.2) is 4.36 Å². The summed E-state index contributed by atoms with van der Waals surface area (Å²) in [5.74, 6) is 0. The molecule has 3 heteroatoms. The highest BCUT2D eigenvalue weighted by atomic mass is 79.9. The Bertz CT molecular complexity index is 99.2. The molecule has 0 spiro atoms. The fourth-order valence-electron chi connectivity index (χ4n) is 0.650. The van der Waals surface area contributed by atoms with Crippen molar-refractivity contribution in [2.24, 2.45) is 0 Å². The van der Waals surface area contributed by atoms with Crippen LogP contribution in [0.1, 0.15) is 26.7 Å². The molecule has 0 aliphatic heterocycles. The van der Waals surface area contributed by atoms with Gasteiger partial charge >= 0.3 is 4.36 Å². The minimum atomic E-state index is 0.370. The van der Waals surface area contributed by atoms with Gasteiger partial charge in [0.25, 0.3) is 0 Å². The van der Waals surface area contributed by atoms with E-state index in [1.54, 1.807) is 0 Å². The Balaban J connectivity index is 3.81. The fraction of sp³-hybridized carbons (Fsp3) is 0.667. The largest absolute Gasteiger partial charge is 0.325 e. The van der Waals surface area contributed by atoms with E-state index in [0.29, 0.717) is 4.36 Å². The zero-order valence-corrected chi connectivity index (χ0v) is 9.00. The lowest BCUT2D eigenvalue weighted by molar-refractivity contribution is 1.13. The van der Waals surface area contributed by atoms with Crippen LogP contribution in [0.25, 0.3) is 0 Å². The second-order valence-electron chi connectivity index (χ2n) is 1.84. The average Bonchev–Trinajstić information content (AvgIpc) is 1.82. The van der Waals surface area contributed by atoms with Crippen molar-refractivity contribution in [1.29, 1.82) is 0 Å². The Morgan fingerprint density at radius 2 is 2.00 bits per heavy atom. The van der Waals surface area contributed by atoms with Crippen LogP contribution < -0.4 is 0 Å². The highest BCUT2D eigenvalue weighted by Crippen LogP contribution is 2.17. The predicted octanol–water partition coefficient (Wildman–Crippen LogP) is 3.55. The van der Waals surface area contributed by atoms with E-state index in [0.717, 1.165) is 12.8 Å². The average molecular weight is 254 g/mol. The zero-order chi connectivity index (χ0) is 7.28. The van der Waals surface area contributed by atoms with E-state index < -0.39 is 0 Å². The fourth-order valence-corrected chi connectivity index (χ4v) is 1.67. The van der Waals surface area contributed by atoms with E-state index in [2.05, 4.69) is 51.4 Å². The minimum Gasteiger partial charge on any atom is -0.133 e. The lowest BCUT2D eigenvalue weighted by atomic mass is 9.91. The van der Waals surface area contributed by atoms with E-state index in [9.17, 15) is 0 Å². The number of rotatable bonds is 3. The molecule has 0 heterocycles. The summed E-state index contributed by atoms with van der Waals surface area (Å²) < 4.78 is 0.370. The monoisotopic (exact) mass is 252 g/mol. The Labute approximate surface area is 74.1 Å².